The number of rotatable bonds is 24. The third-order valence-electron chi connectivity index (χ3n) is 6.92. The molecule has 0 unspecified atom stereocenters. The van der Waals surface area contributed by atoms with E-state index in [0.29, 0.717) is 70.8 Å². The van der Waals surface area contributed by atoms with Gasteiger partial charge < -0.3 is 24.8 Å². The van der Waals surface area contributed by atoms with Crippen molar-refractivity contribution in [1.29, 1.82) is 0 Å². The zero-order chi connectivity index (χ0) is 30.7. The summed E-state index contributed by atoms with van der Waals surface area (Å²) in [6, 6.07) is 0.385. The molecule has 2 saturated heterocycles. The summed E-state index contributed by atoms with van der Waals surface area (Å²) in [5, 5.41) is 6.36. The molecule has 3 rings (SSSR count). The molecule has 6 N–H and O–H groups in total. The molecule has 0 aromatic heterocycles. The number of amides is 6. The van der Waals surface area contributed by atoms with Gasteiger partial charge in [0, 0.05) is 68.8 Å². The minimum atomic E-state index is -0.400. The van der Waals surface area contributed by atoms with E-state index in [-0.39, 0.29) is 42.9 Å². The highest BCUT2D eigenvalue weighted by atomic mass is 32.2. The third kappa shape index (κ3) is 13.6. The first kappa shape index (κ1) is 34.7. The van der Waals surface area contributed by atoms with Gasteiger partial charge in [0.25, 0.3) is 11.8 Å². The number of ether oxygens (including phenoxy) is 3. The van der Waals surface area contributed by atoms with Crippen LogP contribution in [-0.2, 0) is 33.4 Å². The number of carbonyl (C=O) groups excluding carboxylic acids is 5. The Morgan fingerprint density at radius 1 is 0.791 bits per heavy atom. The number of hydrogen-bond donors (Lipinski definition) is 6. The first-order chi connectivity index (χ1) is 20.9. The summed E-state index contributed by atoms with van der Waals surface area (Å²) in [4.78, 5) is 59.0. The number of imide groups is 1. The van der Waals surface area contributed by atoms with E-state index < -0.39 is 11.8 Å². The summed E-state index contributed by atoms with van der Waals surface area (Å²) >= 11 is 1.89. The molecule has 6 amide bonds. The van der Waals surface area contributed by atoms with Crippen LogP contribution in [0.15, 0.2) is 12.2 Å². The van der Waals surface area contributed by atoms with Gasteiger partial charge in [-0.05, 0) is 25.7 Å². The summed E-state index contributed by atoms with van der Waals surface area (Å²) in [6.45, 7) is 4.11. The Balaban J connectivity index is 0.980. The topological polar surface area (TPSA) is 188 Å². The maximum Gasteiger partial charge on any atom is 0.315 e. The largest absolute Gasteiger partial charge is 0.379 e. The van der Waals surface area contributed by atoms with Gasteiger partial charge in [0.05, 0.1) is 38.5 Å². The van der Waals surface area contributed by atoms with Crippen molar-refractivity contribution in [1.82, 2.24) is 37.2 Å². The first-order valence-corrected chi connectivity index (χ1v) is 16.0. The molecule has 3 heterocycles. The minimum Gasteiger partial charge on any atom is -0.379 e. The van der Waals surface area contributed by atoms with E-state index in [0.717, 1.165) is 36.3 Å². The number of unbranched alkanes of at least 4 members (excludes halogenated alkanes) is 1. The predicted octanol–water partition coefficient (Wildman–Crippen LogP) is -0.901. The van der Waals surface area contributed by atoms with E-state index in [4.69, 9.17) is 14.2 Å². The lowest BCUT2D eigenvalue weighted by Gasteiger charge is -2.16. The van der Waals surface area contributed by atoms with Crippen LogP contribution in [0.1, 0.15) is 44.9 Å². The Hall–Kier alpha value is -2.76. The maximum absolute atomic E-state index is 12.0. The molecule has 242 valence electrons. The van der Waals surface area contributed by atoms with Gasteiger partial charge in [-0.1, -0.05) is 6.42 Å². The fraction of sp³-hybridized carbons (Fsp3) is 0.741. The van der Waals surface area contributed by atoms with Crippen LogP contribution in [0, 0.1) is 0 Å². The molecular weight excluding hydrogens is 582 g/mol. The van der Waals surface area contributed by atoms with Crippen LogP contribution in [0.3, 0.4) is 0 Å². The molecule has 16 heteroatoms. The van der Waals surface area contributed by atoms with Crippen molar-refractivity contribution >= 4 is 41.4 Å². The zero-order valence-corrected chi connectivity index (χ0v) is 25.3. The molecule has 3 aliphatic rings. The number of fused-ring (bicyclic) bond motifs is 1. The Morgan fingerprint density at radius 2 is 1.37 bits per heavy atom. The summed E-state index contributed by atoms with van der Waals surface area (Å²) < 4.78 is 16.5. The van der Waals surface area contributed by atoms with E-state index in [2.05, 4.69) is 32.3 Å². The summed E-state index contributed by atoms with van der Waals surface area (Å²) in [5.41, 5.74) is 11.0. The highest BCUT2D eigenvalue weighted by Crippen LogP contribution is 2.33. The second-order valence-corrected chi connectivity index (χ2v) is 11.5. The molecule has 0 radical (unpaired) electrons. The summed E-state index contributed by atoms with van der Waals surface area (Å²) in [5.74, 6) is -0.173. The van der Waals surface area contributed by atoms with Gasteiger partial charge in [-0.2, -0.15) is 11.8 Å². The van der Waals surface area contributed by atoms with Gasteiger partial charge in [-0.15, -0.1) is 0 Å². The standard InChI is InChI=1S/C27H45N7O8S/c35-22(6-2-1-5-21-26-20(19-43-21)30-27(39)31-26)32-28-10-3-13-40-15-17-42-18-16-41-14-4-11-29-33-23(36)9-12-34-24(37)7-8-25(34)38/h7-8,20-21,26,28-29H,1-6,9-19H2,(H,32,35)(H,33,36)(H2,30,31,39)/t20-,21-,26-/m0/s1. The molecule has 0 aliphatic carbocycles. The van der Waals surface area contributed by atoms with Crippen LogP contribution in [0.4, 0.5) is 4.79 Å². The number of nitrogens with one attached hydrogen (secondary N) is 6. The van der Waals surface area contributed by atoms with Gasteiger partial charge in [-0.25, -0.2) is 15.6 Å². The lowest BCUT2D eigenvalue weighted by Crippen LogP contribution is -2.41. The molecule has 3 aliphatic heterocycles. The van der Waals surface area contributed by atoms with Crippen LogP contribution in [-0.4, -0.2) is 117 Å². The molecular formula is C27H45N7O8S. The van der Waals surface area contributed by atoms with Gasteiger partial charge in [-0.3, -0.25) is 34.9 Å². The van der Waals surface area contributed by atoms with Crippen LogP contribution in [0.5, 0.6) is 0 Å². The van der Waals surface area contributed by atoms with Crippen LogP contribution >= 0.6 is 11.8 Å². The number of carbonyl (C=O) groups is 5. The molecule has 0 bridgehead atoms. The monoisotopic (exact) mass is 627 g/mol. The summed E-state index contributed by atoms with van der Waals surface area (Å²) in [7, 11) is 0. The molecule has 15 nitrogen and oxygen atoms in total. The molecule has 0 saturated carbocycles. The smallest absolute Gasteiger partial charge is 0.315 e. The Kier molecular flexibility index (Phi) is 16.3. The van der Waals surface area contributed by atoms with Crippen molar-refractivity contribution in [3.8, 4) is 0 Å². The van der Waals surface area contributed by atoms with Crippen LogP contribution < -0.4 is 32.3 Å². The second kappa shape index (κ2) is 20.2. The maximum atomic E-state index is 12.0. The van der Waals surface area contributed by atoms with E-state index in [1.807, 2.05) is 11.8 Å². The van der Waals surface area contributed by atoms with Gasteiger partial charge in [0.1, 0.15) is 0 Å². The Bertz CT molecular complexity index is 938. The van der Waals surface area contributed by atoms with Crippen LogP contribution in [0.25, 0.3) is 0 Å². The van der Waals surface area contributed by atoms with E-state index >= 15 is 0 Å². The first-order valence-electron chi connectivity index (χ1n) is 14.9. The SMILES string of the molecule is O=C(CCCC[C@@H]1SC[C@@H]2NC(=O)N[C@@H]21)NNCCCOCCOCCOCCCNNC(=O)CCN1C(=O)C=CC1=O. The van der Waals surface area contributed by atoms with Crippen molar-refractivity contribution in [2.24, 2.45) is 0 Å². The second-order valence-electron chi connectivity index (χ2n) is 10.3. The number of thioether (sulfide) groups is 1. The normalized spacial score (nSPS) is 20.8. The van der Waals surface area contributed by atoms with Crippen LogP contribution in [0.2, 0.25) is 0 Å². The third-order valence-corrected chi connectivity index (χ3v) is 8.43. The van der Waals surface area contributed by atoms with E-state index in [1.54, 1.807) is 0 Å². The lowest BCUT2D eigenvalue weighted by molar-refractivity contribution is -0.137. The highest BCUT2D eigenvalue weighted by Gasteiger charge is 2.42. The Labute approximate surface area is 256 Å². The lowest BCUT2D eigenvalue weighted by atomic mass is 10.0. The van der Waals surface area contributed by atoms with Crippen molar-refractivity contribution in [3.05, 3.63) is 12.2 Å². The summed E-state index contributed by atoms with van der Waals surface area (Å²) in [6.07, 6.45) is 7.11. The number of hydrazine groups is 2. The van der Waals surface area contributed by atoms with Gasteiger partial charge in [0.15, 0.2) is 0 Å². The fourth-order valence-electron chi connectivity index (χ4n) is 4.65. The van der Waals surface area contributed by atoms with Crippen molar-refractivity contribution < 1.29 is 38.2 Å². The zero-order valence-electron chi connectivity index (χ0n) is 24.5. The van der Waals surface area contributed by atoms with Crippen molar-refractivity contribution in [2.75, 3.05) is 65.0 Å². The average Bonchev–Trinajstić information content (AvgIpc) is 3.64. The average molecular weight is 628 g/mol. The van der Waals surface area contributed by atoms with Crippen molar-refractivity contribution in [3.63, 3.8) is 0 Å². The van der Waals surface area contributed by atoms with Gasteiger partial charge in [0.2, 0.25) is 11.8 Å². The predicted molar refractivity (Wildman–Crippen MR) is 158 cm³/mol. The minimum absolute atomic E-state index is 0.0203. The molecule has 0 aromatic rings. The Morgan fingerprint density at radius 3 is 2.00 bits per heavy atom. The van der Waals surface area contributed by atoms with E-state index in [1.165, 1.54) is 12.2 Å². The molecule has 43 heavy (non-hydrogen) atoms. The number of hydrogen-bond acceptors (Lipinski definition) is 11. The van der Waals surface area contributed by atoms with Gasteiger partial charge >= 0.3 is 6.03 Å². The molecule has 0 spiro atoms. The van der Waals surface area contributed by atoms with Crippen molar-refractivity contribution in [2.45, 2.75) is 62.3 Å². The molecule has 2 fully saturated rings. The fourth-order valence-corrected chi connectivity index (χ4v) is 6.20. The number of nitrogens with zero attached hydrogens (tertiary/aromatic N) is 1. The van der Waals surface area contributed by atoms with E-state index in [9.17, 15) is 24.0 Å². The highest BCUT2D eigenvalue weighted by molar-refractivity contribution is 8.00. The molecule has 3 atom stereocenters. The quantitative estimate of drug-likeness (QED) is 0.0337. The number of urea groups is 1. The molecule has 0 aromatic carbocycles.